The van der Waals surface area contributed by atoms with E-state index in [1.54, 1.807) is 0 Å². The summed E-state index contributed by atoms with van der Waals surface area (Å²) < 4.78 is 0. The quantitative estimate of drug-likeness (QED) is 0.791. The second-order valence-electron chi connectivity index (χ2n) is 6.93. The smallest absolute Gasteiger partial charge is 0.0718 e. The van der Waals surface area contributed by atoms with Crippen molar-refractivity contribution in [2.45, 2.75) is 40.2 Å². The Labute approximate surface area is 100 Å². The Morgan fingerprint density at radius 1 is 0.812 bits per heavy atom. The third kappa shape index (κ3) is 5.83. The van der Waals surface area contributed by atoms with Crippen LogP contribution in [0.15, 0.2) is 0 Å². The third-order valence-electron chi connectivity index (χ3n) is 2.77. The van der Waals surface area contributed by atoms with Crippen molar-refractivity contribution in [3.63, 3.8) is 0 Å². The van der Waals surface area contributed by atoms with Crippen LogP contribution >= 0.6 is 0 Å². The molecule has 0 aromatic carbocycles. The predicted molar refractivity (Wildman–Crippen MR) is 68.6 cm³/mol. The summed E-state index contributed by atoms with van der Waals surface area (Å²) in [4.78, 5) is 4.89. The van der Waals surface area contributed by atoms with Crippen LogP contribution in [0.5, 0.6) is 0 Å². The highest BCUT2D eigenvalue weighted by Gasteiger charge is 2.24. The summed E-state index contributed by atoms with van der Waals surface area (Å²) in [5.74, 6) is 0. The fourth-order valence-corrected chi connectivity index (χ4v) is 2.32. The SMILES string of the molecule is CC(C)(C)CN1CCN(CC(C)(C)O)CC1. The normalized spacial score (nSPS) is 21.4. The maximum Gasteiger partial charge on any atom is 0.0718 e. The number of aliphatic hydroxyl groups is 1. The fraction of sp³-hybridized carbons (Fsp3) is 1.00. The Kier molecular flexibility index (Phi) is 4.38. The average Bonchev–Trinajstić information content (AvgIpc) is 2.03. The van der Waals surface area contributed by atoms with Gasteiger partial charge in [0.25, 0.3) is 0 Å². The van der Waals surface area contributed by atoms with E-state index in [9.17, 15) is 5.11 Å². The van der Waals surface area contributed by atoms with Gasteiger partial charge in [-0.25, -0.2) is 0 Å². The van der Waals surface area contributed by atoms with Gasteiger partial charge in [0.15, 0.2) is 0 Å². The molecule has 3 nitrogen and oxygen atoms in total. The van der Waals surface area contributed by atoms with Crippen LogP contribution in [0.2, 0.25) is 0 Å². The molecule has 1 saturated heterocycles. The third-order valence-corrected chi connectivity index (χ3v) is 2.77. The monoisotopic (exact) mass is 228 g/mol. The van der Waals surface area contributed by atoms with Gasteiger partial charge in [-0.05, 0) is 19.3 Å². The molecule has 0 atom stereocenters. The summed E-state index contributed by atoms with van der Waals surface area (Å²) in [6.45, 7) is 17.0. The van der Waals surface area contributed by atoms with Gasteiger partial charge in [0.05, 0.1) is 5.60 Å². The lowest BCUT2D eigenvalue weighted by Gasteiger charge is -2.39. The van der Waals surface area contributed by atoms with Crippen molar-refractivity contribution in [1.82, 2.24) is 9.80 Å². The molecule has 1 aliphatic heterocycles. The van der Waals surface area contributed by atoms with Gasteiger partial charge < -0.3 is 10.0 Å². The van der Waals surface area contributed by atoms with E-state index in [-0.39, 0.29) is 0 Å². The largest absolute Gasteiger partial charge is 0.389 e. The standard InChI is InChI=1S/C13H28N2O/c1-12(2,3)10-14-6-8-15(9-7-14)11-13(4,5)16/h16H,6-11H2,1-5H3. The van der Waals surface area contributed by atoms with Gasteiger partial charge in [-0.2, -0.15) is 0 Å². The Balaban J connectivity index is 2.29. The lowest BCUT2D eigenvalue weighted by molar-refractivity contribution is 0.0134. The van der Waals surface area contributed by atoms with E-state index in [4.69, 9.17) is 0 Å². The van der Waals surface area contributed by atoms with Crippen LogP contribution in [0.3, 0.4) is 0 Å². The molecule has 0 saturated carbocycles. The molecule has 0 aliphatic carbocycles. The lowest BCUT2D eigenvalue weighted by atomic mass is 9.95. The zero-order chi connectivity index (χ0) is 12.4. The van der Waals surface area contributed by atoms with Crippen LogP contribution in [0.25, 0.3) is 0 Å². The van der Waals surface area contributed by atoms with E-state index in [1.807, 2.05) is 13.8 Å². The molecule has 16 heavy (non-hydrogen) atoms. The first-order valence-electron chi connectivity index (χ1n) is 6.33. The Morgan fingerprint density at radius 3 is 1.50 bits per heavy atom. The van der Waals surface area contributed by atoms with E-state index in [0.29, 0.717) is 5.41 Å². The molecule has 1 aliphatic rings. The van der Waals surface area contributed by atoms with E-state index >= 15 is 0 Å². The van der Waals surface area contributed by atoms with Crippen molar-refractivity contribution >= 4 is 0 Å². The summed E-state index contributed by atoms with van der Waals surface area (Å²) in [6, 6.07) is 0. The summed E-state index contributed by atoms with van der Waals surface area (Å²) in [6.07, 6.45) is 0. The first-order valence-corrected chi connectivity index (χ1v) is 6.33. The van der Waals surface area contributed by atoms with Crippen molar-refractivity contribution in [1.29, 1.82) is 0 Å². The molecule has 96 valence electrons. The van der Waals surface area contributed by atoms with Crippen LogP contribution < -0.4 is 0 Å². The predicted octanol–water partition coefficient (Wildman–Crippen LogP) is 1.42. The summed E-state index contributed by atoms with van der Waals surface area (Å²) in [5.41, 5.74) is -0.176. The van der Waals surface area contributed by atoms with Crippen LogP contribution in [0.1, 0.15) is 34.6 Å². The van der Waals surface area contributed by atoms with Gasteiger partial charge in [0, 0.05) is 39.3 Å². The molecular formula is C13H28N2O. The van der Waals surface area contributed by atoms with E-state index in [0.717, 1.165) is 32.7 Å². The summed E-state index contributed by atoms with van der Waals surface area (Å²) in [7, 11) is 0. The maximum atomic E-state index is 9.77. The highest BCUT2D eigenvalue weighted by atomic mass is 16.3. The van der Waals surface area contributed by atoms with Gasteiger partial charge in [0.2, 0.25) is 0 Å². The van der Waals surface area contributed by atoms with Crippen LogP contribution in [-0.2, 0) is 0 Å². The first kappa shape index (κ1) is 13.9. The zero-order valence-electron chi connectivity index (χ0n) is 11.6. The van der Waals surface area contributed by atoms with Crippen LogP contribution in [-0.4, -0.2) is 59.8 Å². The van der Waals surface area contributed by atoms with Crippen molar-refractivity contribution < 1.29 is 5.11 Å². The maximum absolute atomic E-state index is 9.77. The van der Waals surface area contributed by atoms with Gasteiger partial charge in [-0.1, -0.05) is 20.8 Å². The van der Waals surface area contributed by atoms with Crippen molar-refractivity contribution in [3.05, 3.63) is 0 Å². The minimum Gasteiger partial charge on any atom is -0.389 e. The van der Waals surface area contributed by atoms with Crippen molar-refractivity contribution in [3.8, 4) is 0 Å². The van der Waals surface area contributed by atoms with Gasteiger partial charge >= 0.3 is 0 Å². The van der Waals surface area contributed by atoms with E-state index < -0.39 is 5.60 Å². The van der Waals surface area contributed by atoms with Crippen LogP contribution in [0.4, 0.5) is 0 Å². The second-order valence-corrected chi connectivity index (χ2v) is 6.93. The molecule has 0 aromatic rings. The summed E-state index contributed by atoms with van der Waals surface area (Å²) in [5, 5.41) is 9.77. The average molecular weight is 228 g/mol. The molecule has 0 aromatic heterocycles. The zero-order valence-corrected chi connectivity index (χ0v) is 11.6. The van der Waals surface area contributed by atoms with Crippen molar-refractivity contribution in [2.75, 3.05) is 39.3 Å². The molecule has 3 heteroatoms. The number of rotatable bonds is 3. The minimum absolute atomic E-state index is 0.387. The Hall–Kier alpha value is -0.120. The van der Waals surface area contributed by atoms with E-state index in [1.165, 1.54) is 6.54 Å². The number of hydrogen-bond donors (Lipinski definition) is 1. The molecule has 0 amide bonds. The van der Waals surface area contributed by atoms with Gasteiger partial charge in [-0.3, -0.25) is 4.90 Å². The van der Waals surface area contributed by atoms with Gasteiger partial charge in [0.1, 0.15) is 0 Å². The first-order chi connectivity index (χ1) is 7.16. The van der Waals surface area contributed by atoms with Gasteiger partial charge in [-0.15, -0.1) is 0 Å². The number of hydrogen-bond acceptors (Lipinski definition) is 3. The Morgan fingerprint density at radius 2 is 1.19 bits per heavy atom. The molecule has 1 N–H and O–H groups in total. The number of β-amino-alcohol motifs (C(OH)–C–C–N with tert-alkyl or cyclic N) is 1. The molecule has 0 spiro atoms. The molecule has 0 unspecified atom stereocenters. The Bertz CT molecular complexity index is 183. The number of nitrogens with zero attached hydrogens (tertiary/aromatic N) is 2. The fourth-order valence-electron chi connectivity index (χ4n) is 2.32. The molecule has 0 bridgehead atoms. The van der Waals surface area contributed by atoms with Crippen LogP contribution in [0, 0.1) is 5.41 Å². The molecule has 1 fully saturated rings. The molecule has 1 rings (SSSR count). The second kappa shape index (κ2) is 5.03. The number of piperazine rings is 1. The summed E-state index contributed by atoms with van der Waals surface area (Å²) >= 11 is 0. The molecular weight excluding hydrogens is 200 g/mol. The van der Waals surface area contributed by atoms with E-state index in [2.05, 4.69) is 30.6 Å². The lowest BCUT2D eigenvalue weighted by Crippen LogP contribution is -2.51. The highest BCUT2D eigenvalue weighted by Crippen LogP contribution is 2.17. The topological polar surface area (TPSA) is 26.7 Å². The molecule has 1 heterocycles. The highest BCUT2D eigenvalue weighted by molar-refractivity contribution is 4.79. The minimum atomic E-state index is -0.563. The van der Waals surface area contributed by atoms with Crippen molar-refractivity contribution in [2.24, 2.45) is 5.41 Å². The molecule has 0 radical (unpaired) electrons.